The average molecular weight is 370 g/mol. The van der Waals surface area contributed by atoms with Crippen molar-refractivity contribution in [3.8, 4) is 0 Å². The van der Waals surface area contributed by atoms with E-state index in [1.807, 2.05) is 0 Å². The zero-order valence-electron chi connectivity index (χ0n) is 15.0. The highest BCUT2D eigenvalue weighted by molar-refractivity contribution is 5.65. The van der Waals surface area contributed by atoms with Crippen LogP contribution in [0.25, 0.3) is 0 Å². The van der Waals surface area contributed by atoms with Gasteiger partial charge >= 0.3 is 12.1 Å². The lowest BCUT2D eigenvalue weighted by Crippen LogP contribution is -2.43. The van der Waals surface area contributed by atoms with Crippen molar-refractivity contribution in [1.82, 2.24) is 9.96 Å². The van der Waals surface area contributed by atoms with E-state index in [9.17, 15) is 18.0 Å². The molecule has 1 aromatic carbocycles. The van der Waals surface area contributed by atoms with Crippen molar-refractivity contribution >= 4 is 5.97 Å². The molecule has 0 spiro atoms. The summed E-state index contributed by atoms with van der Waals surface area (Å²) in [7, 11) is 0. The zero-order chi connectivity index (χ0) is 18.7. The van der Waals surface area contributed by atoms with E-state index in [-0.39, 0.29) is 12.0 Å². The van der Waals surface area contributed by atoms with Gasteiger partial charge in [-0.05, 0) is 30.9 Å². The van der Waals surface area contributed by atoms with Crippen molar-refractivity contribution in [2.45, 2.75) is 63.8 Å². The van der Waals surface area contributed by atoms with Gasteiger partial charge in [0.1, 0.15) is 0 Å². The lowest BCUT2D eigenvalue weighted by atomic mass is 10.1. The number of rotatable bonds is 5. The van der Waals surface area contributed by atoms with Gasteiger partial charge in [-0.25, -0.2) is 0 Å². The maximum Gasteiger partial charge on any atom is 0.416 e. The van der Waals surface area contributed by atoms with E-state index < -0.39 is 11.7 Å². The number of nitrogens with zero attached hydrogens (tertiary/aromatic N) is 2. The number of hydrogen-bond donors (Lipinski definition) is 0. The smallest absolute Gasteiger partial charge is 0.368 e. The van der Waals surface area contributed by atoms with Crippen molar-refractivity contribution in [3.63, 3.8) is 0 Å². The summed E-state index contributed by atoms with van der Waals surface area (Å²) in [6, 6.07) is 6.17. The van der Waals surface area contributed by atoms with Crippen LogP contribution in [0.15, 0.2) is 24.3 Å². The zero-order valence-corrected chi connectivity index (χ0v) is 15.0. The third kappa shape index (κ3) is 4.76. The molecule has 2 fully saturated rings. The third-order valence-electron chi connectivity index (χ3n) is 5.27. The van der Waals surface area contributed by atoms with Crippen LogP contribution in [0.3, 0.4) is 0 Å². The molecule has 26 heavy (non-hydrogen) atoms. The lowest BCUT2D eigenvalue weighted by molar-refractivity contribution is -0.183. The molecule has 4 nitrogen and oxygen atoms in total. The molecule has 2 aliphatic rings. The number of halogens is 3. The van der Waals surface area contributed by atoms with Gasteiger partial charge in [0.25, 0.3) is 0 Å². The van der Waals surface area contributed by atoms with Crippen LogP contribution >= 0.6 is 0 Å². The highest BCUT2D eigenvalue weighted by Gasteiger charge is 2.35. The first-order valence-electron chi connectivity index (χ1n) is 9.18. The Morgan fingerprint density at radius 1 is 1.23 bits per heavy atom. The first kappa shape index (κ1) is 19.2. The fourth-order valence-electron chi connectivity index (χ4n) is 4.10. The maximum atomic E-state index is 13.0. The normalized spacial score (nSPS) is 22.3. The molecular formula is C19H25F3N2O2. The summed E-state index contributed by atoms with van der Waals surface area (Å²) in [6.07, 6.45) is 0.983. The van der Waals surface area contributed by atoms with Crippen LogP contribution < -0.4 is 0 Å². The summed E-state index contributed by atoms with van der Waals surface area (Å²) in [5, 5.41) is 1.67. The minimum absolute atomic E-state index is 0.187. The Kier molecular flexibility index (Phi) is 5.87. The summed E-state index contributed by atoms with van der Waals surface area (Å²) >= 11 is 0. The predicted octanol–water partition coefficient (Wildman–Crippen LogP) is 4.00. The first-order chi connectivity index (χ1) is 12.3. The highest BCUT2D eigenvalue weighted by atomic mass is 19.4. The molecule has 0 amide bonds. The summed E-state index contributed by atoms with van der Waals surface area (Å²) in [6.45, 7) is 3.14. The second-order valence-corrected chi connectivity index (χ2v) is 7.22. The third-order valence-corrected chi connectivity index (χ3v) is 5.27. The Bertz CT molecular complexity index is 629. The van der Waals surface area contributed by atoms with Crippen molar-refractivity contribution in [1.29, 1.82) is 0 Å². The number of carbonyl (C=O) groups excluding carboxylic acids is 1. The minimum atomic E-state index is -4.33. The second kappa shape index (κ2) is 7.96. The van der Waals surface area contributed by atoms with Gasteiger partial charge in [-0.2, -0.15) is 13.2 Å². The molecule has 0 radical (unpaired) electrons. The summed E-state index contributed by atoms with van der Waals surface area (Å²) in [5.41, 5.74) is 0.0759. The van der Waals surface area contributed by atoms with Crippen LogP contribution in [0.5, 0.6) is 0 Å². The topological polar surface area (TPSA) is 32.8 Å². The number of hydrogen-bond acceptors (Lipinski definition) is 4. The lowest BCUT2D eigenvalue weighted by Gasteiger charge is -2.34. The molecule has 1 aliphatic carbocycles. The molecule has 7 heteroatoms. The Labute approximate surface area is 151 Å². The average Bonchev–Trinajstić information content (AvgIpc) is 3.23. The van der Waals surface area contributed by atoms with Crippen LogP contribution in [0.1, 0.15) is 50.2 Å². The monoisotopic (exact) mass is 370 g/mol. The first-order valence-corrected chi connectivity index (χ1v) is 9.18. The van der Waals surface area contributed by atoms with Crippen LogP contribution in [0.4, 0.5) is 13.2 Å². The van der Waals surface area contributed by atoms with Gasteiger partial charge in [-0.15, -0.1) is 5.06 Å². The van der Waals surface area contributed by atoms with E-state index in [2.05, 4.69) is 4.90 Å². The SMILES string of the molecule is CC(=O)ON1CC[C@H](N(Cc2cccc(C(F)(F)F)c2)C2CCCC2)C1. The van der Waals surface area contributed by atoms with Gasteiger partial charge in [0.15, 0.2) is 0 Å². The van der Waals surface area contributed by atoms with E-state index in [0.29, 0.717) is 31.2 Å². The molecule has 1 saturated carbocycles. The molecule has 1 saturated heterocycles. The van der Waals surface area contributed by atoms with Gasteiger partial charge in [-0.3, -0.25) is 9.69 Å². The Morgan fingerprint density at radius 2 is 1.96 bits per heavy atom. The molecule has 1 aromatic rings. The van der Waals surface area contributed by atoms with E-state index in [4.69, 9.17) is 4.84 Å². The summed E-state index contributed by atoms with van der Waals surface area (Å²) in [4.78, 5) is 18.7. The molecule has 0 bridgehead atoms. The molecular weight excluding hydrogens is 345 g/mol. The van der Waals surface area contributed by atoms with E-state index in [1.54, 1.807) is 11.1 Å². The molecule has 144 valence electrons. The van der Waals surface area contributed by atoms with Gasteiger partial charge in [0, 0.05) is 32.1 Å². The van der Waals surface area contributed by atoms with Crippen LogP contribution in [-0.2, 0) is 22.4 Å². The fraction of sp³-hybridized carbons (Fsp3) is 0.632. The molecule has 1 atom stereocenters. The van der Waals surface area contributed by atoms with Crippen molar-refractivity contribution in [2.24, 2.45) is 0 Å². The number of benzene rings is 1. The van der Waals surface area contributed by atoms with Crippen LogP contribution in [0, 0.1) is 0 Å². The Balaban J connectivity index is 1.74. The van der Waals surface area contributed by atoms with Gasteiger partial charge in [-0.1, -0.05) is 31.0 Å². The van der Waals surface area contributed by atoms with Crippen molar-refractivity contribution < 1.29 is 22.8 Å². The minimum Gasteiger partial charge on any atom is -0.368 e. The standard InChI is InChI=1S/C19H25F3N2O2/c1-14(25)26-23-10-9-18(13-23)24(17-7-2-3-8-17)12-15-5-4-6-16(11-15)19(20,21)22/h4-6,11,17-18H,2-3,7-10,12-13H2,1H3/t18-/m0/s1. The van der Waals surface area contributed by atoms with Gasteiger partial charge < -0.3 is 4.84 Å². The van der Waals surface area contributed by atoms with E-state index in [1.165, 1.54) is 19.1 Å². The summed E-state index contributed by atoms with van der Waals surface area (Å²) in [5.74, 6) is -0.337. The highest BCUT2D eigenvalue weighted by Crippen LogP contribution is 2.32. The van der Waals surface area contributed by atoms with E-state index >= 15 is 0 Å². The quantitative estimate of drug-likeness (QED) is 0.784. The van der Waals surface area contributed by atoms with Crippen molar-refractivity contribution in [2.75, 3.05) is 13.1 Å². The molecule has 3 rings (SSSR count). The number of alkyl halides is 3. The Morgan fingerprint density at radius 3 is 2.62 bits per heavy atom. The molecule has 0 N–H and O–H groups in total. The molecule has 1 aliphatic heterocycles. The predicted molar refractivity (Wildman–Crippen MR) is 91.0 cm³/mol. The van der Waals surface area contributed by atoms with Crippen LogP contribution in [-0.4, -0.2) is 41.1 Å². The van der Waals surface area contributed by atoms with Gasteiger partial charge in [0.2, 0.25) is 0 Å². The Hall–Kier alpha value is -1.60. The maximum absolute atomic E-state index is 13.0. The largest absolute Gasteiger partial charge is 0.416 e. The summed E-state index contributed by atoms with van der Waals surface area (Å²) < 4.78 is 39.0. The second-order valence-electron chi connectivity index (χ2n) is 7.22. The molecule has 0 unspecified atom stereocenters. The fourth-order valence-corrected chi connectivity index (χ4v) is 4.10. The number of carbonyl (C=O) groups is 1. The van der Waals surface area contributed by atoms with Crippen LogP contribution in [0.2, 0.25) is 0 Å². The number of hydroxylamine groups is 2. The van der Waals surface area contributed by atoms with E-state index in [0.717, 1.165) is 38.2 Å². The van der Waals surface area contributed by atoms with Gasteiger partial charge in [0.05, 0.1) is 12.1 Å². The molecule has 0 aromatic heterocycles. The van der Waals surface area contributed by atoms with Crippen molar-refractivity contribution in [3.05, 3.63) is 35.4 Å². The molecule has 1 heterocycles.